The van der Waals surface area contributed by atoms with Crippen LogP contribution in [0.2, 0.25) is 5.02 Å². The lowest BCUT2D eigenvalue weighted by molar-refractivity contribution is -0.137. The first-order valence-electron chi connectivity index (χ1n) is 7.69. The minimum atomic E-state index is -4.46. The second-order valence-electron chi connectivity index (χ2n) is 5.65. The fraction of sp³-hybridized carbons (Fsp3) is 0.176. The van der Waals surface area contributed by atoms with E-state index in [1.165, 1.54) is 18.2 Å². The summed E-state index contributed by atoms with van der Waals surface area (Å²) in [7, 11) is 0. The van der Waals surface area contributed by atoms with Crippen LogP contribution in [-0.4, -0.2) is 22.5 Å². The zero-order valence-corrected chi connectivity index (χ0v) is 15.2. The van der Waals surface area contributed by atoms with Gasteiger partial charge in [-0.05, 0) is 48.9 Å². The summed E-state index contributed by atoms with van der Waals surface area (Å²) >= 11 is 6.88. The largest absolute Gasteiger partial charge is 0.507 e. The molecule has 1 aromatic heterocycles. The van der Waals surface area contributed by atoms with Crippen molar-refractivity contribution in [1.29, 1.82) is 0 Å². The van der Waals surface area contributed by atoms with Crippen LogP contribution in [0.5, 0.6) is 5.75 Å². The van der Waals surface area contributed by atoms with Crippen molar-refractivity contribution in [3.63, 3.8) is 0 Å². The quantitative estimate of drug-likeness (QED) is 0.588. The SMILES string of the molecule is NCCc1cc(Cl)cc(C(=O)Nc2nc3ccc(C(F)(F)F)cc3s2)c1O. The van der Waals surface area contributed by atoms with Crippen LogP contribution in [0.25, 0.3) is 10.2 Å². The molecule has 5 nitrogen and oxygen atoms in total. The zero-order valence-electron chi connectivity index (χ0n) is 13.6. The van der Waals surface area contributed by atoms with Crippen molar-refractivity contribution in [3.05, 3.63) is 52.0 Å². The molecule has 0 aliphatic heterocycles. The summed E-state index contributed by atoms with van der Waals surface area (Å²) in [4.78, 5) is 16.6. The molecule has 0 saturated carbocycles. The van der Waals surface area contributed by atoms with Crippen molar-refractivity contribution in [3.8, 4) is 5.75 Å². The van der Waals surface area contributed by atoms with Crippen LogP contribution >= 0.6 is 22.9 Å². The molecule has 1 amide bonds. The lowest BCUT2D eigenvalue weighted by Gasteiger charge is -2.09. The molecule has 1 heterocycles. The van der Waals surface area contributed by atoms with Crippen LogP contribution < -0.4 is 11.1 Å². The van der Waals surface area contributed by atoms with Gasteiger partial charge in [0.15, 0.2) is 5.13 Å². The molecular weight excluding hydrogens is 403 g/mol. The Hall–Kier alpha value is -2.36. The maximum atomic E-state index is 12.8. The van der Waals surface area contributed by atoms with Crippen LogP contribution in [0.15, 0.2) is 30.3 Å². The second-order valence-corrected chi connectivity index (χ2v) is 7.12. The summed E-state index contributed by atoms with van der Waals surface area (Å²) in [6.07, 6.45) is -4.14. The average Bonchev–Trinajstić information content (AvgIpc) is 2.98. The van der Waals surface area contributed by atoms with Gasteiger partial charge in [0.25, 0.3) is 5.91 Å². The van der Waals surface area contributed by atoms with Crippen LogP contribution in [0, 0.1) is 0 Å². The maximum absolute atomic E-state index is 12.8. The molecule has 3 aromatic rings. The molecule has 0 unspecified atom stereocenters. The third-order valence-electron chi connectivity index (χ3n) is 3.75. The number of rotatable bonds is 4. The summed E-state index contributed by atoms with van der Waals surface area (Å²) in [6.45, 7) is 0.258. The van der Waals surface area contributed by atoms with E-state index >= 15 is 0 Å². The normalized spacial score (nSPS) is 11.7. The fourth-order valence-corrected chi connectivity index (χ4v) is 3.63. The van der Waals surface area contributed by atoms with Gasteiger partial charge in [-0.2, -0.15) is 13.2 Å². The molecule has 0 saturated heterocycles. The van der Waals surface area contributed by atoms with Gasteiger partial charge in [-0.25, -0.2) is 4.98 Å². The van der Waals surface area contributed by atoms with Gasteiger partial charge in [-0.1, -0.05) is 22.9 Å². The Morgan fingerprint density at radius 3 is 2.70 bits per heavy atom. The number of fused-ring (bicyclic) bond motifs is 1. The highest BCUT2D eigenvalue weighted by atomic mass is 35.5. The first-order chi connectivity index (χ1) is 12.7. The highest BCUT2D eigenvalue weighted by molar-refractivity contribution is 7.22. The van der Waals surface area contributed by atoms with Gasteiger partial charge >= 0.3 is 6.18 Å². The molecule has 3 rings (SSSR count). The topological polar surface area (TPSA) is 88.2 Å². The van der Waals surface area contributed by atoms with E-state index in [0.717, 1.165) is 23.5 Å². The molecule has 2 aromatic carbocycles. The number of nitrogens with one attached hydrogen (secondary N) is 1. The molecule has 0 atom stereocenters. The summed E-state index contributed by atoms with van der Waals surface area (Å²) in [5, 5.41) is 13.1. The molecule has 10 heteroatoms. The molecule has 0 radical (unpaired) electrons. The van der Waals surface area contributed by atoms with Gasteiger partial charge in [0.05, 0.1) is 21.3 Å². The molecule has 27 heavy (non-hydrogen) atoms. The highest BCUT2D eigenvalue weighted by Crippen LogP contribution is 2.35. The average molecular weight is 416 g/mol. The third kappa shape index (κ3) is 4.15. The number of carbonyl (C=O) groups is 1. The minimum absolute atomic E-state index is 0.0683. The van der Waals surface area contributed by atoms with Crippen LogP contribution in [-0.2, 0) is 12.6 Å². The van der Waals surface area contributed by atoms with Gasteiger partial charge in [0.1, 0.15) is 5.75 Å². The zero-order chi connectivity index (χ0) is 19.8. The number of aromatic hydroxyl groups is 1. The van der Waals surface area contributed by atoms with E-state index in [4.69, 9.17) is 17.3 Å². The van der Waals surface area contributed by atoms with Crippen molar-refractivity contribution in [2.45, 2.75) is 12.6 Å². The molecule has 0 spiro atoms. The monoisotopic (exact) mass is 415 g/mol. The number of benzene rings is 2. The fourth-order valence-electron chi connectivity index (χ4n) is 2.49. The van der Waals surface area contributed by atoms with Gasteiger partial charge in [-0.3, -0.25) is 10.1 Å². The smallest absolute Gasteiger partial charge is 0.416 e. The number of aromatic nitrogens is 1. The summed E-state index contributed by atoms with van der Waals surface area (Å²) in [5.41, 5.74) is 5.35. The summed E-state index contributed by atoms with van der Waals surface area (Å²) in [5.74, 6) is -0.925. The Morgan fingerprint density at radius 2 is 2.04 bits per heavy atom. The van der Waals surface area contributed by atoms with Crippen LogP contribution in [0.3, 0.4) is 0 Å². The third-order valence-corrected chi connectivity index (χ3v) is 4.90. The second kappa shape index (κ2) is 7.34. The first kappa shape index (κ1) is 19.4. The molecule has 142 valence electrons. The molecular formula is C17H13ClF3N3O2S. The number of carbonyl (C=O) groups excluding carboxylic acids is 1. The summed E-state index contributed by atoms with van der Waals surface area (Å²) in [6, 6.07) is 5.94. The number of nitrogens with two attached hydrogens (primary N) is 1. The van der Waals surface area contributed by atoms with Gasteiger partial charge in [0, 0.05) is 5.02 Å². The van der Waals surface area contributed by atoms with E-state index in [2.05, 4.69) is 10.3 Å². The van der Waals surface area contributed by atoms with Crippen molar-refractivity contribution >= 4 is 44.2 Å². The molecule has 0 bridgehead atoms. The van der Waals surface area contributed by atoms with E-state index in [0.29, 0.717) is 17.5 Å². The number of anilines is 1. The van der Waals surface area contributed by atoms with E-state index in [-0.39, 0.29) is 32.7 Å². The van der Waals surface area contributed by atoms with Crippen LogP contribution in [0.1, 0.15) is 21.5 Å². The van der Waals surface area contributed by atoms with Crippen molar-refractivity contribution in [2.24, 2.45) is 5.73 Å². The number of phenolic OH excluding ortho intramolecular Hbond substituents is 1. The number of phenols is 1. The van der Waals surface area contributed by atoms with Gasteiger partial charge in [0.2, 0.25) is 0 Å². The first-order valence-corrected chi connectivity index (χ1v) is 8.89. The Bertz CT molecular complexity index is 1020. The standard InChI is InChI=1S/C17H13ClF3N3O2S/c18-10-5-8(3-4-22)14(25)11(7-10)15(26)24-16-23-12-2-1-9(17(19,20)21)6-13(12)27-16/h1-2,5-7,25H,3-4,22H2,(H,23,24,26). The van der Waals surface area contributed by atoms with Crippen molar-refractivity contribution in [1.82, 2.24) is 4.98 Å². The minimum Gasteiger partial charge on any atom is -0.507 e. The predicted molar refractivity (Wildman–Crippen MR) is 98.5 cm³/mol. The predicted octanol–water partition coefficient (Wildman–Crippen LogP) is 4.43. The van der Waals surface area contributed by atoms with Crippen molar-refractivity contribution in [2.75, 3.05) is 11.9 Å². The molecule has 0 aliphatic rings. The van der Waals surface area contributed by atoms with Gasteiger partial charge in [-0.15, -0.1) is 0 Å². The number of alkyl halides is 3. The van der Waals surface area contributed by atoms with E-state index in [9.17, 15) is 23.1 Å². The Morgan fingerprint density at radius 1 is 1.30 bits per heavy atom. The highest BCUT2D eigenvalue weighted by Gasteiger charge is 2.30. The number of hydrogen-bond donors (Lipinski definition) is 3. The summed E-state index contributed by atoms with van der Waals surface area (Å²) < 4.78 is 38.7. The number of halogens is 4. The van der Waals surface area contributed by atoms with Crippen molar-refractivity contribution < 1.29 is 23.1 Å². The Labute approximate surface area is 160 Å². The van der Waals surface area contributed by atoms with E-state index < -0.39 is 17.6 Å². The number of thiazole rings is 1. The number of nitrogens with zero attached hydrogens (tertiary/aromatic N) is 1. The van der Waals surface area contributed by atoms with Gasteiger partial charge < -0.3 is 10.8 Å². The Balaban J connectivity index is 1.90. The lowest BCUT2D eigenvalue weighted by Crippen LogP contribution is -2.13. The van der Waals surface area contributed by atoms with E-state index in [1.807, 2.05) is 0 Å². The lowest BCUT2D eigenvalue weighted by atomic mass is 10.1. The van der Waals surface area contributed by atoms with E-state index in [1.54, 1.807) is 0 Å². The molecule has 0 fully saturated rings. The Kier molecular flexibility index (Phi) is 5.27. The maximum Gasteiger partial charge on any atom is 0.416 e. The number of amides is 1. The van der Waals surface area contributed by atoms with Crippen LogP contribution in [0.4, 0.5) is 18.3 Å². The molecule has 0 aliphatic carbocycles. The molecule has 4 N–H and O–H groups in total. The number of hydrogen-bond acceptors (Lipinski definition) is 5.